The summed E-state index contributed by atoms with van der Waals surface area (Å²) in [5, 5.41) is 11.8. The first-order chi connectivity index (χ1) is 7.83. The second-order valence-corrected chi connectivity index (χ2v) is 4.41. The summed E-state index contributed by atoms with van der Waals surface area (Å²) in [5.74, 6) is 0. The van der Waals surface area contributed by atoms with Gasteiger partial charge in [-0.05, 0) is 30.7 Å². The quantitative estimate of drug-likeness (QED) is 0.718. The average molecular weight is 288 g/mol. The molecule has 0 fully saturated rings. The van der Waals surface area contributed by atoms with Crippen LogP contribution in [0.3, 0.4) is 0 Å². The fraction of sp³-hybridized carbons (Fsp3) is 0.500. The molecule has 0 aromatic heterocycles. The number of aliphatic hydroxyl groups is 1. The lowest BCUT2D eigenvalue weighted by Crippen LogP contribution is -2.16. The van der Waals surface area contributed by atoms with Gasteiger partial charge in [0.05, 0.1) is 13.2 Å². The molecule has 0 aliphatic rings. The Labute approximate surface area is 105 Å². The van der Waals surface area contributed by atoms with Crippen molar-refractivity contribution >= 4 is 15.9 Å². The fourth-order valence-corrected chi connectivity index (χ4v) is 1.57. The third kappa shape index (κ3) is 6.23. The normalized spacial score (nSPS) is 10.6. The van der Waals surface area contributed by atoms with Gasteiger partial charge in [0.25, 0.3) is 0 Å². The molecule has 16 heavy (non-hydrogen) atoms. The Morgan fingerprint density at radius 3 is 2.62 bits per heavy atom. The van der Waals surface area contributed by atoms with E-state index in [1.807, 2.05) is 12.1 Å². The summed E-state index contributed by atoms with van der Waals surface area (Å²) in [4.78, 5) is 0. The first-order valence-corrected chi connectivity index (χ1v) is 6.26. The van der Waals surface area contributed by atoms with Crippen molar-refractivity contribution in [3.63, 3.8) is 0 Å². The van der Waals surface area contributed by atoms with E-state index in [0.717, 1.165) is 24.0 Å². The van der Waals surface area contributed by atoms with Crippen LogP contribution in [0.25, 0.3) is 0 Å². The zero-order valence-electron chi connectivity index (χ0n) is 9.29. The molecular formula is C12H18BrNO2. The average Bonchev–Trinajstić information content (AvgIpc) is 2.30. The molecule has 1 aromatic rings. The maximum absolute atomic E-state index is 8.50. The molecule has 0 unspecified atom stereocenters. The van der Waals surface area contributed by atoms with Gasteiger partial charge in [-0.25, -0.2) is 0 Å². The van der Waals surface area contributed by atoms with Gasteiger partial charge in [0, 0.05) is 17.6 Å². The molecule has 1 rings (SSSR count). The monoisotopic (exact) mass is 287 g/mol. The smallest absolute Gasteiger partial charge is 0.0697 e. The molecule has 0 atom stereocenters. The van der Waals surface area contributed by atoms with Crippen molar-refractivity contribution in [1.29, 1.82) is 0 Å². The van der Waals surface area contributed by atoms with E-state index in [1.54, 1.807) is 0 Å². The van der Waals surface area contributed by atoms with Gasteiger partial charge in [-0.1, -0.05) is 28.1 Å². The van der Waals surface area contributed by atoms with Crippen LogP contribution in [0.4, 0.5) is 0 Å². The van der Waals surface area contributed by atoms with Crippen LogP contribution in [-0.4, -0.2) is 31.5 Å². The molecule has 3 nitrogen and oxygen atoms in total. The largest absolute Gasteiger partial charge is 0.394 e. The second kappa shape index (κ2) is 8.70. The molecule has 0 saturated carbocycles. The molecule has 4 heteroatoms. The Hall–Kier alpha value is -0.420. The van der Waals surface area contributed by atoms with Crippen LogP contribution in [0.5, 0.6) is 0 Å². The van der Waals surface area contributed by atoms with Crippen molar-refractivity contribution in [3.8, 4) is 0 Å². The maximum atomic E-state index is 8.50. The Morgan fingerprint density at radius 2 is 1.94 bits per heavy atom. The highest BCUT2D eigenvalue weighted by Crippen LogP contribution is 2.09. The van der Waals surface area contributed by atoms with Gasteiger partial charge in [0.15, 0.2) is 0 Å². The van der Waals surface area contributed by atoms with E-state index in [9.17, 15) is 0 Å². The first-order valence-electron chi connectivity index (χ1n) is 5.46. The van der Waals surface area contributed by atoms with E-state index < -0.39 is 0 Å². The Balaban J connectivity index is 2.01. The lowest BCUT2D eigenvalue weighted by atomic mass is 10.2. The molecular weight excluding hydrogens is 270 g/mol. The van der Waals surface area contributed by atoms with Crippen molar-refractivity contribution in [2.24, 2.45) is 0 Å². The number of hydrogen-bond acceptors (Lipinski definition) is 3. The predicted octanol–water partition coefficient (Wildman–Crippen LogP) is 1.94. The molecule has 2 N–H and O–H groups in total. The minimum absolute atomic E-state index is 0.103. The minimum Gasteiger partial charge on any atom is -0.394 e. The maximum Gasteiger partial charge on any atom is 0.0697 e. The zero-order valence-corrected chi connectivity index (χ0v) is 10.9. The van der Waals surface area contributed by atoms with Crippen LogP contribution in [-0.2, 0) is 11.3 Å². The number of ether oxygens (including phenoxy) is 1. The summed E-state index contributed by atoms with van der Waals surface area (Å²) in [7, 11) is 0. The van der Waals surface area contributed by atoms with E-state index in [2.05, 4.69) is 33.4 Å². The van der Waals surface area contributed by atoms with Gasteiger partial charge in [-0.3, -0.25) is 0 Å². The molecule has 0 radical (unpaired) electrons. The van der Waals surface area contributed by atoms with Crippen LogP contribution >= 0.6 is 15.9 Å². The molecule has 0 aliphatic carbocycles. The van der Waals surface area contributed by atoms with Crippen LogP contribution in [0, 0.1) is 0 Å². The van der Waals surface area contributed by atoms with Gasteiger partial charge in [-0.2, -0.15) is 0 Å². The number of aliphatic hydroxyl groups excluding tert-OH is 1. The zero-order chi connectivity index (χ0) is 11.6. The lowest BCUT2D eigenvalue weighted by molar-refractivity contribution is 0.0907. The second-order valence-electron chi connectivity index (χ2n) is 3.49. The van der Waals surface area contributed by atoms with Crippen molar-refractivity contribution in [1.82, 2.24) is 5.32 Å². The SMILES string of the molecule is OCCOCCCNCc1ccc(Br)cc1. The molecule has 0 saturated heterocycles. The van der Waals surface area contributed by atoms with Gasteiger partial charge in [0.1, 0.15) is 0 Å². The fourth-order valence-electron chi connectivity index (χ4n) is 1.30. The van der Waals surface area contributed by atoms with Crippen molar-refractivity contribution in [2.45, 2.75) is 13.0 Å². The standard InChI is InChI=1S/C12H18BrNO2/c13-12-4-2-11(3-5-12)10-14-6-1-8-16-9-7-15/h2-5,14-15H,1,6-10H2. The lowest BCUT2D eigenvalue weighted by Gasteiger charge is -2.05. The number of benzene rings is 1. The Morgan fingerprint density at radius 1 is 1.19 bits per heavy atom. The number of nitrogens with one attached hydrogen (secondary N) is 1. The molecule has 0 bridgehead atoms. The van der Waals surface area contributed by atoms with Gasteiger partial charge >= 0.3 is 0 Å². The predicted molar refractivity (Wildman–Crippen MR) is 68.4 cm³/mol. The highest BCUT2D eigenvalue weighted by atomic mass is 79.9. The summed E-state index contributed by atoms with van der Waals surface area (Å²) >= 11 is 3.41. The Bertz CT molecular complexity index is 277. The van der Waals surface area contributed by atoms with E-state index in [4.69, 9.17) is 9.84 Å². The van der Waals surface area contributed by atoms with Gasteiger partial charge < -0.3 is 15.2 Å². The highest BCUT2D eigenvalue weighted by molar-refractivity contribution is 9.10. The topological polar surface area (TPSA) is 41.5 Å². The van der Waals surface area contributed by atoms with Crippen LogP contribution in [0.1, 0.15) is 12.0 Å². The summed E-state index contributed by atoms with van der Waals surface area (Å²) in [6.07, 6.45) is 0.969. The molecule has 0 spiro atoms. The van der Waals surface area contributed by atoms with Crippen molar-refractivity contribution < 1.29 is 9.84 Å². The summed E-state index contributed by atoms with van der Waals surface area (Å²) in [5.41, 5.74) is 1.28. The minimum atomic E-state index is 0.103. The summed E-state index contributed by atoms with van der Waals surface area (Å²) in [6, 6.07) is 8.28. The van der Waals surface area contributed by atoms with E-state index in [0.29, 0.717) is 13.2 Å². The van der Waals surface area contributed by atoms with Crippen LogP contribution < -0.4 is 5.32 Å². The van der Waals surface area contributed by atoms with E-state index >= 15 is 0 Å². The molecule has 1 aromatic carbocycles. The molecule has 90 valence electrons. The highest BCUT2D eigenvalue weighted by Gasteiger charge is 1.93. The van der Waals surface area contributed by atoms with E-state index in [1.165, 1.54) is 5.56 Å². The van der Waals surface area contributed by atoms with Gasteiger partial charge in [0.2, 0.25) is 0 Å². The molecule has 0 heterocycles. The van der Waals surface area contributed by atoms with Gasteiger partial charge in [-0.15, -0.1) is 0 Å². The molecule has 0 aliphatic heterocycles. The molecule has 0 amide bonds. The number of halogens is 1. The third-order valence-corrected chi connectivity index (χ3v) is 2.65. The van der Waals surface area contributed by atoms with Crippen LogP contribution in [0.2, 0.25) is 0 Å². The summed E-state index contributed by atoms with van der Waals surface area (Å²) in [6.45, 7) is 3.06. The van der Waals surface area contributed by atoms with E-state index in [-0.39, 0.29) is 6.61 Å². The number of hydrogen-bond donors (Lipinski definition) is 2. The van der Waals surface area contributed by atoms with Crippen molar-refractivity contribution in [3.05, 3.63) is 34.3 Å². The third-order valence-electron chi connectivity index (χ3n) is 2.12. The summed E-state index contributed by atoms with van der Waals surface area (Å²) < 4.78 is 6.26. The number of rotatable bonds is 8. The van der Waals surface area contributed by atoms with Crippen molar-refractivity contribution in [2.75, 3.05) is 26.4 Å². The first kappa shape index (κ1) is 13.6. The Kier molecular flexibility index (Phi) is 7.42. The van der Waals surface area contributed by atoms with Crippen LogP contribution in [0.15, 0.2) is 28.7 Å².